The van der Waals surface area contributed by atoms with Gasteiger partial charge in [-0.3, -0.25) is 4.79 Å². The zero-order valence-corrected chi connectivity index (χ0v) is 17.3. The summed E-state index contributed by atoms with van der Waals surface area (Å²) in [6.45, 7) is 5.28. The number of carbonyl (C=O) groups is 1. The second-order valence-corrected chi connectivity index (χ2v) is 6.91. The van der Waals surface area contributed by atoms with E-state index in [1.54, 1.807) is 25.1 Å². The van der Waals surface area contributed by atoms with E-state index in [0.717, 1.165) is 5.56 Å². The third-order valence-corrected chi connectivity index (χ3v) is 4.57. The number of rotatable bonds is 9. The SMILES string of the molecule is CCOC(=O)CC(OCC)c1ccc(OC[C@H]2COc3ccc(Cl)cc3O2)cc1. The quantitative estimate of drug-likeness (QED) is 0.553. The van der Waals surface area contributed by atoms with Gasteiger partial charge >= 0.3 is 5.97 Å². The van der Waals surface area contributed by atoms with Crippen molar-refractivity contribution in [1.82, 2.24) is 0 Å². The summed E-state index contributed by atoms with van der Waals surface area (Å²) in [4.78, 5) is 11.8. The van der Waals surface area contributed by atoms with E-state index >= 15 is 0 Å². The topological polar surface area (TPSA) is 63.2 Å². The molecule has 156 valence electrons. The van der Waals surface area contributed by atoms with Crippen molar-refractivity contribution < 1.29 is 28.5 Å². The predicted octanol–water partition coefficient (Wildman–Crippen LogP) is 4.59. The van der Waals surface area contributed by atoms with Crippen LogP contribution in [0.4, 0.5) is 0 Å². The normalized spacial score (nSPS) is 16.2. The molecule has 0 radical (unpaired) electrons. The summed E-state index contributed by atoms with van der Waals surface area (Å²) in [5.41, 5.74) is 0.896. The molecule has 0 spiro atoms. The van der Waals surface area contributed by atoms with Gasteiger partial charge in [0.25, 0.3) is 0 Å². The van der Waals surface area contributed by atoms with E-state index in [2.05, 4.69) is 0 Å². The van der Waals surface area contributed by atoms with E-state index in [1.165, 1.54) is 0 Å². The van der Waals surface area contributed by atoms with Crippen LogP contribution in [0.25, 0.3) is 0 Å². The maximum absolute atomic E-state index is 11.8. The van der Waals surface area contributed by atoms with Crippen molar-refractivity contribution in [2.75, 3.05) is 26.4 Å². The molecule has 0 fully saturated rings. The minimum atomic E-state index is -0.343. The Kier molecular flexibility index (Phi) is 7.61. The smallest absolute Gasteiger partial charge is 0.308 e. The minimum absolute atomic E-state index is 0.178. The third kappa shape index (κ3) is 6.02. The number of benzene rings is 2. The first-order chi connectivity index (χ1) is 14.1. The molecule has 0 amide bonds. The largest absolute Gasteiger partial charge is 0.490 e. The van der Waals surface area contributed by atoms with Crippen molar-refractivity contribution in [1.29, 1.82) is 0 Å². The highest BCUT2D eigenvalue weighted by atomic mass is 35.5. The fourth-order valence-electron chi connectivity index (χ4n) is 2.99. The van der Waals surface area contributed by atoms with Crippen LogP contribution >= 0.6 is 11.6 Å². The molecule has 7 heteroatoms. The molecular weight excluding hydrogens is 396 g/mol. The number of fused-ring (bicyclic) bond motifs is 1. The molecule has 2 aromatic carbocycles. The second-order valence-electron chi connectivity index (χ2n) is 6.48. The number of hydrogen-bond acceptors (Lipinski definition) is 6. The van der Waals surface area contributed by atoms with Crippen molar-refractivity contribution in [2.45, 2.75) is 32.5 Å². The lowest BCUT2D eigenvalue weighted by Crippen LogP contribution is -2.34. The Hall–Kier alpha value is -2.44. The van der Waals surface area contributed by atoms with Crippen LogP contribution < -0.4 is 14.2 Å². The molecule has 0 saturated heterocycles. The average Bonchev–Trinajstić information content (AvgIpc) is 2.72. The highest BCUT2D eigenvalue weighted by Gasteiger charge is 2.22. The van der Waals surface area contributed by atoms with Crippen molar-refractivity contribution in [3.63, 3.8) is 0 Å². The average molecular weight is 421 g/mol. The highest BCUT2D eigenvalue weighted by molar-refractivity contribution is 6.30. The van der Waals surface area contributed by atoms with E-state index in [4.69, 9.17) is 35.3 Å². The number of ether oxygens (including phenoxy) is 5. The zero-order chi connectivity index (χ0) is 20.6. The minimum Gasteiger partial charge on any atom is -0.490 e. The fraction of sp³-hybridized carbons (Fsp3) is 0.409. The van der Waals surface area contributed by atoms with Crippen LogP contribution in [0, 0.1) is 0 Å². The van der Waals surface area contributed by atoms with Gasteiger partial charge in [-0.2, -0.15) is 0 Å². The molecule has 2 atom stereocenters. The molecule has 1 aliphatic rings. The number of esters is 1. The first kappa shape index (κ1) is 21.3. The number of halogens is 1. The molecule has 0 aliphatic carbocycles. The summed E-state index contributed by atoms with van der Waals surface area (Å²) in [7, 11) is 0. The van der Waals surface area contributed by atoms with Gasteiger partial charge in [-0.15, -0.1) is 0 Å². The standard InChI is InChI=1S/C22H25ClO6/c1-3-25-20(12-22(24)26-4-2)15-5-8-17(9-6-15)27-13-18-14-28-19-10-7-16(23)11-21(19)29-18/h5-11,18,20H,3-4,12-14H2,1-2H3/t18-,20?/m0/s1. The molecule has 3 rings (SSSR count). The molecule has 0 N–H and O–H groups in total. The molecule has 1 unspecified atom stereocenters. The lowest BCUT2D eigenvalue weighted by molar-refractivity contribution is -0.146. The van der Waals surface area contributed by atoms with Gasteiger partial charge in [-0.25, -0.2) is 0 Å². The summed E-state index contributed by atoms with van der Waals surface area (Å²) in [5.74, 6) is 1.71. The predicted molar refractivity (Wildman–Crippen MR) is 109 cm³/mol. The lowest BCUT2D eigenvalue weighted by Gasteiger charge is -2.26. The Morgan fingerprint density at radius 2 is 1.93 bits per heavy atom. The van der Waals surface area contributed by atoms with Crippen LogP contribution in [0.2, 0.25) is 5.02 Å². The second kappa shape index (κ2) is 10.4. The van der Waals surface area contributed by atoms with Crippen molar-refractivity contribution in [2.24, 2.45) is 0 Å². The maximum Gasteiger partial charge on any atom is 0.308 e. The number of hydrogen-bond donors (Lipinski definition) is 0. The van der Waals surface area contributed by atoms with Crippen molar-refractivity contribution in [3.05, 3.63) is 53.1 Å². The van der Waals surface area contributed by atoms with E-state index < -0.39 is 0 Å². The van der Waals surface area contributed by atoms with Crippen LogP contribution in [0.5, 0.6) is 17.2 Å². The van der Waals surface area contributed by atoms with Gasteiger partial charge in [-0.1, -0.05) is 23.7 Å². The molecular formula is C22H25ClO6. The summed E-state index contributed by atoms with van der Waals surface area (Å²) < 4.78 is 28.1. The first-order valence-corrected chi connectivity index (χ1v) is 10.1. The lowest BCUT2D eigenvalue weighted by atomic mass is 10.1. The highest BCUT2D eigenvalue weighted by Crippen LogP contribution is 2.34. The van der Waals surface area contributed by atoms with Crippen molar-refractivity contribution >= 4 is 17.6 Å². The Morgan fingerprint density at radius 3 is 2.66 bits per heavy atom. The van der Waals surface area contributed by atoms with Gasteiger partial charge in [0.05, 0.1) is 19.1 Å². The molecule has 0 bridgehead atoms. The van der Waals surface area contributed by atoms with Gasteiger partial charge in [-0.05, 0) is 43.7 Å². The molecule has 1 heterocycles. The third-order valence-electron chi connectivity index (χ3n) is 4.34. The molecule has 1 aliphatic heterocycles. The monoisotopic (exact) mass is 420 g/mol. The van der Waals surface area contributed by atoms with E-state index in [1.807, 2.05) is 31.2 Å². The fourth-order valence-corrected chi connectivity index (χ4v) is 3.15. The Balaban J connectivity index is 1.55. The van der Waals surface area contributed by atoms with Crippen LogP contribution in [-0.4, -0.2) is 38.5 Å². The van der Waals surface area contributed by atoms with Crippen LogP contribution in [0.15, 0.2) is 42.5 Å². The van der Waals surface area contributed by atoms with Crippen LogP contribution in [0.1, 0.15) is 31.9 Å². The maximum atomic E-state index is 11.8. The van der Waals surface area contributed by atoms with Gasteiger partial charge < -0.3 is 23.7 Å². The van der Waals surface area contributed by atoms with Gasteiger partial charge in [0.2, 0.25) is 0 Å². The van der Waals surface area contributed by atoms with Gasteiger partial charge in [0.1, 0.15) is 19.0 Å². The molecule has 29 heavy (non-hydrogen) atoms. The summed E-state index contributed by atoms with van der Waals surface area (Å²) in [5, 5.41) is 0.594. The zero-order valence-electron chi connectivity index (χ0n) is 16.6. The molecule has 2 aromatic rings. The van der Waals surface area contributed by atoms with Crippen LogP contribution in [-0.2, 0) is 14.3 Å². The van der Waals surface area contributed by atoms with E-state index in [0.29, 0.717) is 48.7 Å². The Morgan fingerprint density at radius 1 is 1.14 bits per heavy atom. The Labute approximate surface area is 175 Å². The number of carbonyl (C=O) groups excluding carboxylic acids is 1. The van der Waals surface area contributed by atoms with Gasteiger partial charge in [0.15, 0.2) is 17.6 Å². The van der Waals surface area contributed by atoms with E-state index in [-0.39, 0.29) is 24.6 Å². The molecule has 0 aromatic heterocycles. The Bertz CT molecular complexity index is 807. The van der Waals surface area contributed by atoms with Crippen LogP contribution in [0.3, 0.4) is 0 Å². The first-order valence-electron chi connectivity index (χ1n) is 9.68. The summed E-state index contributed by atoms with van der Waals surface area (Å²) in [6.07, 6.45) is -0.401. The van der Waals surface area contributed by atoms with Crippen molar-refractivity contribution in [3.8, 4) is 17.2 Å². The molecule has 0 saturated carbocycles. The van der Waals surface area contributed by atoms with Gasteiger partial charge in [0, 0.05) is 17.7 Å². The summed E-state index contributed by atoms with van der Waals surface area (Å²) in [6, 6.07) is 12.8. The summed E-state index contributed by atoms with van der Waals surface area (Å²) >= 11 is 6.00. The molecule has 6 nitrogen and oxygen atoms in total. The van der Waals surface area contributed by atoms with E-state index in [9.17, 15) is 4.79 Å².